The Hall–Kier alpha value is -1.62. The summed E-state index contributed by atoms with van der Waals surface area (Å²) >= 11 is 0. The van der Waals surface area contributed by atoms with Crippen molar-refractivity contribution in [1.82, 2.24) is 10.3 Å². The first-order valence-corrected chi connectivity index (χ1v) is 5.58. The summed E-state index contributed by atoms with van der Waals surface area (Å²) in [5.74, 6) is 0.224. The molecule has 1 rings (SSSR count). The summed E-state index contributed by atoms with van der Waals surface area (Å²) in [6.45, 7) is 6.85. The molecule has 1 amide bonds. The zero-order chi connectivity index (χ0) is 12.9. The predicted molar refractivity (Wildman–Crippen MR) is 66.7 cm³/mol. The van der Waals surface area contributed by atoms with Crippen LogP contribution >= 0.6 is 0 Å². The van der Waals surface area contributed by atoms with Gasteiger partial charge in [0.1, 0.15) is 5.82 Å². The number of pyridine rings is 1. The number of aromatic nitrogens is 1. The zero-order valence-corrected chi connectivity index (χ0v) is 10.5. The molecule has 0 fully saturated rings. The van der Waals surface area contributed by atoms with Crippen LogP contribution in [0.15, 0.2) is 18.3 Å². The highest BCUT2D eigenvalue weighted by Gasteiger charge is 2.18. The van der Waals surface area contributed by atoms with E-state index in [-0.39, 0.29) is 11.5 Å². The number of carbonyl (C=O) groups is 1. The van der Waals surface area contributed by atoms with Gasteiger partial charge < -0.3 is 15.8 Å². The van der Waals surface area contributed by atoms with Gasteiger partial charge in [-0.15, -0.1) is 0 Å². The maximum Gasteiger partial charge on any atom is 0.252 e. The average Bonchev–Trinajstić information content (AvgIpc) is 2.27. The summed E-state index contributed by atoms with van der Waals surface area (Å²) in [4.78, 5) is 15.6. The normalized spacial score (nSPS) is 11.2. The van der Waals surface area contributed by atoms with E-state index in [0.29, 0.717) is 24.5 Å². The number of hydrogen-bond acceptors (Lipinski definition) is 4. The van der Waals surface area contributed by atoms with Crippen LogP contribution in [0.3, 0.4) is 0 Å². The Kier molecular flexibility index (Phi) is 4.45. The summed E-state index contributed by atoms with van der Waals surface area (Å²) < 4.78 is 5.48. The molecule has 17 heavy (non-hydrogen) atoms. The van der Waals surface area contributed by atoms with Crippen LogP contribution in [-0.4, -0.2) is 29.6 Å². The lowest BCUT2D eigenvalue weighted by Crippen LogP contribution is -2.40. The van der Waals surface area contributed by atoms with E-state index in [9.17, 15) is 4.79 Å². The molecule has 0 atom stereocenters. The van der Waals surface area contributed by atoms with Gasteiger partial charge in [0.25, 0.3) is 5.91 Å². The number of nitrogens with two attached hydrogens (primary N) is 1. The van der Waals surface area contributed by atoms with E-state index in [0.717, 1.165) is 0 Å². The summed E-state index contributed by atoms with van der Waals surface area (Å²) in [5, 5.41) is 2.80. The Bertz CT molecular complexity index is 374. The van der Waals surface area contributed by atoms with Crippen molar-refractivity contribution in [3.63, 3.8) is 0 Å². The molecule has 94 valence electrons. The average molecular weight is 237 g/mol. The van der Waals surface area contributed by atoms with E-state index in [4.69, 9.17) is 10.5 Å². The minimum atomic E-state index is -0.369. The molecule has 0 aliphatic rings. The molecule has 0 aliphatic heterocycles. The van der Waals surface area contributed by atoms with Crippen LogP contribution in [0, 0.1) is 0 Å². The fourth-order valence-electron chi connectivity index (χ4n) is 1.38. The molecule has 0 aromatic carbocycles. The van der Waals surface area contributed by atoms with Gasteiger partial charge >= 0.3 is 0 Å². The Morgan fingerprint density at radius 1 is 1.53 bits per heavy atom. The lowest BCUT2D eigenvalue weighted by atomic mass is 10.1. The molecule has 0 spiro atoms. The number of ether oxygens (including phenoxy) is 1. The molecule has 1 heterocycles. The summed E-state index contributed by atoms with van der Waals surface area (Å²) in [6.07, 6.45) is 1.46. The lowest BCUT2D eigenvalue weighted by molar-refractivity contribution is -0.00815. The van der Waals surface area contributed by atoms with Crippen LogP contribution in [0.4, 0.5) is 5.82 Å². The van der Waals surface area contributed by atoms with Crippen LogP contribution in [0.25, 0.3) is 0 Å². The molecule has 0 aliphatic carbocycles. The highest BCUT2D eigenvalue weighted by Crippen LogP contribution is 2.08. The largest absolute Gasteiger partial charge is 0.384 e. The van der Waals surface area contributed by atoms with Crippen molar-refractivity contribution in [2.24, 2.45) is 0 Å². The zero-order valence-electron chi connectivity index (χ0n) is 10.5. The van der Waals surface area contributed by atoms with Gasteiger partial charge in [-0.3, -0.25) is 4.79 Å². The molecule has 1 aromatic heterocycles. The van der Waals surface area contributed by atoms with Gasteiger partial charge in [-0.1, -0.05) is 0 Å². The second kappa shape index (κ2) is 5.63. The predicted octanol–water partition coefficient (Wildman–Crippen LogP) is 1.21. The summed E-state index contributed by atoms with van der Waals surface area (Å²) in [6, 6.07) is 3.24. The molecule has 0 radical (unpaired) electrons. The highest BCUT2D eigenvalue weighted by molar-refractivity contribution is 5.94. The molecule has 0 saturated carbocycles. The van der Waals surface area contributed by atoms with E-state index in [1.54, 1.807) is 12.1 Å². The molecular weight excluding hydrogens is 218 g/mol. The smallest absolute Gasteiger partial charge is 0.252 e. The van der Waals surface area contributed by atoms with Gasteiger partial charge in [-0.25, -0.2) is 4.98 Å². The maximum atomic E-state index is 11.8. The van der Waals surface area contributed by atoms with E-state index >= 15 is 0 Å². The van der Waals surface area contributed by atoms with Crippen molar-refractivity contribution in [2.45, 2.75) is 26.4 Å². The van der Waals surface area contributed by atoms with E-state index in [2.05, 4.69) is 10.3 Å². The van der Waals surface area contributed by atoms with Gasteiger partial charge in [0, 0.05) is 19.3 Å². The SMILES string of the molecule is CCOC(C)(C)CNC(=O)c1ccc(N)nc1. The van der Waals surface area contributed by atoms with Crippen molar-refractivity contribution in [1.29, 1.82) is 0 Å². The third-order valence-corrected chi connectivity index (χ3v) is 2.26. The number of nitrogens with one attached hydrogen (secondary N) is 1. The van der Waals surface area contributed by atoms with Crippen LogP contribution in [0.1, 0.15) is 31.1 Å². The summed E-state index contributed by atoms with van der Waals surface area (Å²) in [7, 11) is 0. The maximum absolute atomic E-state index is 11.8. The molecule has 3 N–H and O–H groups in total. The van der Waals surface area contributed by atoms with E-state index < -0.39 is 0 Å². The minimum Gasteiger partial charge on any atom is -0.384 e. The van der Waals surface area contributed by atoms with Gasteiger partial charge in [0.15, 0.2) is 0 Å². The first-order chi connectivity index (χ1) is 7.94. The number of nitrogen functional groups attached to an aromatic ring is 1. The molecular formula is C12H19N3O2. The van der Waals surface area contributed by atoms with Crippen molar-refractivity contribution in [3.05, 3.63) is 23.9 Å². The molecule has 5 heteroatoms. The van der Waals surface area contributed by atoms with E-state index in [1.807, 2.05) is 20.8 Å². The molecule has 0 unspecified atom stereocenters. The lowest BCUT2D eigenvalue weighted by Gasteiger charge is -2.24. The fourth-order valence-corrected chi connectivity index (χ4v) is 1.38. The van der Waals surface area contributed by atoms with Gasteiger partial charge in [-0.05, 0) is 32.9 Å². The van der Waals surface area contributed by atoms with Crippen molar-refractivity contribution in [3.8, 4) is 0 Å². The Morgan fingerprint density at radius 2 is 2.24 bits per heavy atom. The first kappa shape index (κ1) is 13.4. The van der Waals surface area contributed by atoms with E-state index in [1.165, 1.54) is 6.20 Å². The highest BCUT2D eigenvalue weighted by atomic mass is 16.5. The molecule has 1 aromatic rings. The van der Waals surface area contributed by atoms with Crippen LogP contribution < -0.4 is 11.1 Å². The monoisotopic (exact) mass is 237 g/mol. The minimum absolute atomic E-state index is 0.176. The van der Waals surface area contributed by atoms with Crippen LogP contribution in [-0.2, 0) is 4.74 Å². The number of amides is 1. The van der Waals surface area contributed by atoms with Crippen LogP contribution in [0.5, 0.6) is 0 Å². The Morgan fingerprint density at radius 3 is 2.76 bits per heavy atom. The standard InChI is InChI=1S/C12H19N3O2/c1-4-17-12(2,3)8-15-11(16)9-5-6-10(13)14-7-9/h5-7H,4,8H2,1-3H3,(H2,13,14)(H,15,16). The topological polar surface area (TPSA) is 77.2 Å². The van der Waals surface area contributed by atoms with Crippen molar-refractivity contribution >= 4 is 11.7 Å². The van der Waals surface area contributed by atoms with Gasteiger partial charge in [-0.2, -0.15) is 0 Å². The summed E-state index contributed by atoms with van der Waals surface area (Å²) in [5.41, 5.74) is 5.57. The fraction of sp³-hybridized carbons (Fsp3) is 0.500. The number of rotatable bonds is 5. The Balaban J connectivity index is 2.53. The Labute approximate surface area is 101 Å². The number of nitrogens with zero attached hydrogens (tertiary/aromatic N) is 1. The number of hydrogen-bond donors (Lipinski definition) is 2. The number of carbonyl (C=O) groups excluding carboxylic acids is 1. The molecule has 0 saturated heterocycles. The van der Waals surface area contributed by atoms with Crippen molar-refractivity contribution < 1.29 is 9.53 Å². The molecule has 5 nitrogen and oxygen atoms in total. The van der Waals surface area contributed by atoms with Crippen LogP contribution in [0.2, 0.25) is 0 Å². The first-order valence-electron chi connectivity index (χ1n) is 5.58. The molecule has 0 bridgehead atoms. The van der Waals surface area contributed by atoms with Crippen molar-refractivity contribution in [2.75, 3.05) is 18.9 Å². The third kappa shape index (κ3) is 4.40. The second-order valence-corrected chi connectivity index (χ2v) is 4.35. The quantitative estimate of drug-likeness (QED) is 0.807. The third-order valence-electron chi connectivity index (χ3n) is 2.26. The second-order valence-electron chi connectivity index (χ2n) is 4.35. The van der Waals surface area contributed by atoms with Gasteiger partial charge in [0.2, 0.25) is 0 Å². The number of anilines is 1. The van der Waals surface area contributed by atoms with Gasteiger partial charge in [0.05, 0.1) is 11.2 Å².